The molecule has 1 atom stereocenters. The van der Waals surface area contributed by atoms with Gasteiger partial charge in [0.25, 0.3) is 0 Å². The zero-order valence-corrected chi connectivity index (χ0v) is 11.6. The number of aryl methyl sites for hydroxylation is 1. The lowest BCUT2D eigenvalue weighted by Crippen LogP contribution is -2.07. The zero-order valence-electron chi connectivity index (χ0n) is 10.7. The second kappa shape index (κ2) is 5.06. The Labute approximate surface area is 122 Å². The summed E-state index contributed by atoms with van der Waals surface area (Å²) in [5, 5.41) is 9.98. The predicted molar refractivity (Wildman–Crippen MR) is 70.4 cm³/mol. The van der Waals surface area contributed by atoms with E-state index in [-0.39, 0.29) is 10.6 Å². The molecular weight excluding hydrogens is 306 g/mol. The lowest BCUT2D eigenvalue weighted by Gasteiger charge is -2.14. The van der Waals surface area contributed by atoms with E-state index in [1.165, 1.54) is 0 Å². The molecule has 21 heavy (non-hydrogen) atoms. The van der Waals surface area contributed by atoms with Crippen LogP contribution in [0.15, 0.2) is 18.2 Å². The van der Waals surface area contributed by atoms with Crippen molar-refractivity contribution in [2.75, 3.05) is 0 Å². The topological polar surface area (TPSA) is 33.1 Å². The Hall–Kier alpha value is -1.47. The average Bonchev–Trinajstić information content (AvgIpc) is 2.82. The molecule has 0 fully saturated rings. The van der Waals surface area contributed by atoms with Crippen molar-refractivity contribution in [3.63, 3.8) is 0 Å². The minimum absolute atomic E-state index is 0.104. The van der Waals surface area contributed by atoms with Gasteiger partial charge in [0, 0.05) is 5.56 Å². The minimum atomic E-state index is -4.58. The third-order valence-electron chi connectivity index (χ3n) is 3.44. The SMILES string of the molecule is OC1CCCc2nc(-c3cc(F)ccc3C(F)(F)F)sc21. The fraction of sp³-hybridized carbons (Fsp3) is 0.357. The van der Waals surface area contributed by atoms with Crippen molar-refractivity contribution in [3.05, 3.63) is 40.2 Å². The van der Waals surface area contributed by atoms with Gasteiger partial charge in [0.1, 0.15) is 10.8 Å². The number of benzene rings is 1. The van der Waals surface area contributed by atoms with Crippen molar-refractivity contribution in [1.82, 2.24) is 4.98 Å². The molecule has 1 unspecified atom stereocenters. The summed E-state index contributed by atoms with van der Waals surface area (Å²) in [5.41, 5.74) is -0.565. The molecule has 0 bridgehead atoms. The first-order valence-corrected chi connectivity index (χ1v) is 7.22. The number of thiazole rings is 1. The minimum Gasteiger partial charge on any atom is -0.388 e. The van der Waals surface area contributed by atoms with Crippen LogP contribution in [0.1, 0.15) is 35.1 Å². The third kappa shape index (κ3) is 2.67. The van der Waals surface area contributed by atoms with Crippen molar-refractivity contribution in [1.29, 1.82) is 0 Å². The number of rotatable bonds is 1. The summed E-state index contributed by atoms with van der Waals surface area (Å²) in [6.07, 6.45) is -3.33. The first-order chi connectivity index (χ1) is 9.86. The normalized spacial score (nSPS) is 18.6. The van der Waals surface area contributed by atoms with Crippen LogP contribution >= 0.6 is 11.3 Å². The van der Waals surface area contributed by atoms with Crippen LogP contribution in [0.4, 0.5) is 17.6 Å². The number of hydrogen-bond acceptors (Lipinski definition) is 3. The molecular formula is C14H11F4NOS. The molecule has 1 aliphatic rings. The molecule has 0 saturated heterocycles. The van der Waals surface area contributed by atoms with Gasteiger partial charge < -0.3 is 5.11 Å². The van der Waals surface area contributed by atoms with Crippen molar-refractivity contribution in [2.24, 2.45) is 0 Å². The molecule has 1 heterocycles. The van der Waals surface area contributed by atoms with Crippen molar-refractivity contribution in [3.8, 4) is 10.6 Å². The van der Waals surface area contributed by atoms with E-state index in [0.29, 0.717) is 23.4 Å². The standard InChI is InChI=1S/C14H11F4NOS/c15-7-4-5-9(14(16,17)18)8(6-7)13-19-10-2-1-3-11(20)12(10)21-13/h4-6,11,20H,1-3H2. The first kappa shape index (κ1) is 14.5. The summed E-state index contributed by atoms with van der Waals surface area (Å²) < 4.78 is 52.4. The molecule has 0 saturated carbocycles. The van der Waals surface area contributed by atoms with E-state index < -0.39 is 23.7 Å². The van der Waals surface area contributed by atoms with Crippen LogP contribution < -0.4 is 0 Å². The fourth-order valence-corrected chi connectivity index (χ4v) is 3.62. The van der Waals surface area contributed by atoms with Crippen LogP contribution in [0.25, 0.3) is 10.6 Å². The highest BCUT2D eigenvalue weighted by Crippen LogP contribution is 2.42. The second-order valence-corrected chi connectivity index (χ2v) is 5.96. The Kier molecular flexibility index (Phi) is 3.49. The average molecular weight is 317 g/mol. The van der Waals surface area contributed by atoms with E-state index in [1.807, 2.05) is 0 Å². The molecule has 1 aliphatic carbocycles. The van der Waals surface area contributed by atoms with Crippen molar-refractivity contribution >= 4 is 11.3 Å². The smallest absolute Gasteiger partial charge is 0.388 e. The number of fused-ring (bicyclic) bond motifs is 1. The Morgan fingerprint density at radius 3 is 2.71 bits per heavy atom. The van der Waals surface area contributed by atoms with E-state index in [0.717, 1.165) is 36.0 Å². The molecule has 0 amide bonds. The summed E-state index contributed by atoms with van der Waals surface area (Å²) >= 11 is 1.01. The molecule has 112 valence electrons. The third-order valence-corrected chi connectivity index (χ3v) is 4.67. The van der Waals surface area contributed by atoms with Gasteiger partial charge in [0.15, 0.2) is 0 Å². The zero-order chi connectivity index (χ0) is 15.2. The molecule has 0 aliphatic heterocycles. The molecule has 1 N–H and O–H groups in total. The van der Waals surface area contributed by atoms with Gasteiger partial charge in [-0.15, -0.1) is 11.3 Å². The van der Waals surface area contributed by atoms with Gasteiger partial charge in [0.05, 0.1) is 22.2 Å². The number of aliphatic hydroxyl groups excluding tert-OH is 1. The number of nitrogens with zero attached hydrogens (tertiary/aromatic N) is 1. The van der Waals surface area contributed by atoms with Gasteiger partial charge in [-0.25, -0.2) is 9.37 Å². The van der Waals surface area contributed by atoms with E-state index in [4.69, 9.17) is 0 Å². The Balaban J connectivity index is 2.15. The van der Waals surface area contributed by atoms with E-state index >= 15 is 0 Å². The maximum absolute atomic E-state index is 13.3. The van der Waals surface area contributed by atoms with Gasteiger partial charge in [-0.1, -0.05) is 0 Å². The van der Waals surface area contributed by atoms with E-state index in [9.17, 15) is 22.7 Å². The van der Waals surface area contributed by atoms with E-state index in [1.54, 1.807) is 0 Å². The Bertz CT molecular complexity index is 680. The van der Waals surface area contributed by atoms with Gasteiger partial charge >= 0.3 is 6.18 Å². The lowest BCUT2D eigenvalue weighted by molar-refractivity contribution is -0.137. The lowest BCUT2D eigenvalue weighted by atomic mass is 10.0. The van der Waals surface area contributed by atoms with Gasteiger partial charge in [-0.05, 0) is 37.5 Å². The van der Waals surface area contributed by atoms with E-state index in [2.05, 4.69) is 4.98 Å². The number of alkyl halides is 3. The van der Waals surface area contributed by atoms with Crippen LogP contribution in [0.2, 0.25) is 0 Å². The Morgan fingerprint density at radius 1 is 1.29 bits per heavy atom. The molecule has 0 spiro atoms. The highest BCUT2D eigenvalue weighted by molar-refractivity contribution is 7.15. The maximum atomic E-state index is 13.3. The van der Waals surface area contributed by atoms with Crippen LogP contribution in [0.3, 0.4) is 0 Å². The highest BCUT2D eigenvalue weighted by atomic mass is 32.1. The summed E-state index contributed by atoms with van der Waals surface area (Å²) in [4.78, 5) is 4.77. The highest BCUT2D eigenvalue weighted by Gasteiger charge is 2.35. The molecule has 1 aromatic heterocycles. The van der Waals surface area contributed by atoms with Crippen LogP contribution in [0.5, 0.6) is 0 Å². The first-order valence-electron chi connectivity index (χ1n) is 6.41. The van der Waals surface area contributed by atoms with Crippen molar-refractivity contribution < 1.29 is 22.7 Å². The van der Waals surface area contributed by atoms with Gasteiger partial charge in [0.2, 0.25) is 0 Å². The van der Waals surface area contributed by atoms with Gasteiger partial charge in [-0.3, -0.25) is 0 Å². The van der Waals surface area contributed by atoms with Crippen molar-refractivity contribution in [2.45, 2.75) is 31.5 Å². The number of halogens is 4. The number of aromatic nitrogens is 1. The second-order valence-electron chi connectivity index (χ2n) is 4.93. The largest absolute Gasteiger partial charge is 0.417 e. The van der Waals surface area contributed by atoms with Crippen LogP contribution in [0, 0.1) is 5.82 Å². The summed E-state index contributed by atoms with van der Waals surface area (Å²) in [5.74, 6) is -0.744. The summed E-state index contributed by atoms with van der Waals surface area (Å²) in [7, 11) is 0. The molecule has 7 heteroatoms. The quantitative estimate of drug-likeness (QED) is 0.794. The van der Waals surface area contributed by atoms with Crippen LogP contribution in [-0.2, 0) is 12.6 Å². The number of hydrogen-bond donors (Lipinski definition) is 1. The summed E-state index contributed by atoms with van der Waals surface area (Å²) in [6, 6.07) is 2.36. The molecule has 2 nitrogen and oxygen atoms in total. The molecule has 1 aromatic carbocycles. The Morgan fingerprint density at radius 2 is 2.05 bits per heavy atom. The molecule has 0 radical (unpaired) electrons. The monoisotopic (exact) mass is 317 g/mol. The van der Waals surface area contributed by atoms with Gasteiger partial charge in [-0.2, -0.15) is 13.2 Å². The predicted octanol–water partition coefficient (Wildman–Crippen LogP) is 4.34. The van der Waals surface area contributed by atoms with Crippen LogP contribution in [-0.4, -0.2) is 10.1 Å². The molecule has 2 aromatic rings. The number of aliphatic hydroxyl groups is 1. The maximum Gasteiger partial charge on any atom is 0.417 e. The molecule has 3 rings (SSSR count). The summed E-state index contributed by atoms with van der Waals surface area (Å²) in [6.45, 7) is 0. The fourth-order valence-electron chi connectivity index (χ4n) is 2.45.